The maximum absolute atomic E-state index is 13.4. The molecule has 0 spiro atoms. The van der Waals surface area contributed by atoms with Gasteiger partial charge in [-0.25, -0.2) is 0 Å². The lowest BCUT2D eigenvalue weighted by atomic mass is 9.74. The van der Waals surface area contributed by atoms with Crippen LogP contribution in [-0.2, 0) is 12.0 Å². The number of nitrogens with zero attached hydrogens (tertiary/aromatic N) is 2. The van der Waals surface area contributed by atoms with E-state index in [1.54, 1.807) is 0 Å². The number of benzene rings is 3. The standard InChI is InChI=1S/C27H30N2OS/c1-4-28(20-21-12-6-5-7-13-21)18-19-31-26(30)29-24-16-10-8-14-22(24)27(2,3)23-15-9-11-17-25(23)29/h5-17H,4,18-20H2,1-3H3. The average molecular weight is 431 g/mol. The van der Waals surface area contributed by atoms with Gasteiger partial charge in [-0.3, -0.25) is 14.6 Å². The van der Waals surface area contributed by atoms with E-state index in [2.05, 4.69) is 86.3 Å². The van der Waals surface area contributed by atoms with E-state index in [4.69, 9.17) is 0 Å². The molecule has 0 saturated heterocycles. The Morgan fingerprint density at radius 2 is 1.42 bits per heavy atom. The Morgan fingerprint density at radius 1 is 0.871 bits per heavy atom. The van der Waals surface area contributed by atoms with Crippen molar-refractivity contribution in [1.82, 2.24) is 4.90 Å². The van der Waals surface area contributed by atoms with E-state index in [1.807, 2.05) is 23.1 Å². The smallest absolute Gasteiger partial charge is 0.290 e. The van der Waals surface area contributed by atoms with Crippen LogP contribution in [0.15, 0.2) is 78.9 Å². The Morgan fingerprint density at radius 3 is 2.00 bits per heavy atom. The molecule has 31 heavy (non-hydrogen) atoms. The van der Waals surface area contributed by atoms with E-state index in [1.165, 1.54) is 28.5 Å². The summed E-state index contributed by atoms with van der Waals surface area (Å²) in [5.41, 5.74) is 5.56. The molecule has 160 valence electrons. The first-order valence-corrected chi connectivity index (χ1v) is 11.9. The molecule has 4 rings (SSSR count). The molecule has 0 saturated carbocycles. The first kappa shape index (κ1) is 21.7. The zero-order chi connectivity index (χ0) is 21.8. The summed E-state index contributed by atoms with van der Waals surface area (Å²) in [5, 5.41) is 0.0890. The van der Waals surface area contributed by atoms with Crippen LogP contribution in [0.1, 0.15) is 37.5 Å². The maximum atomic E-state index is 13.4. The van der Waals surface area contributed by atoms with E-state index in [-0.39, 0.29) is 10.7 Å². The Balaban J connectivity index is 1.50. The molecule has 0 unspecified atom stereocenters. The summed E-state index contributed by atoms with van der Waals surface area (Å²) in [5.74, 6) is 0.768. The number of rotatable bonds is 6. The Bertz CT molecular complexity index is 998. The summed E-state index contributed by atoms with van der Waals surface area (Å²) in [6.07, 6.45) is 0. The predicted molar refractivity (Wildman–Crippen MR) is 132 cm³/mol. The van der Waals surface area contributed by atoms with Crippen LogP contribution in [0.2, 0.25) is 0 Å². The third-order valence-electron chi connectivity index (χ3n) is 6.15. The molecule has 3 nitrogen and oxygen atoms in total. The van der Waals surface area contributed by atoms with Gasteiger partial charge in [0.05, 0.1) is 11.4 Å². The molecule has 3 aromatic rings. The molecule has 1 heterocycles. The van der Waals surface area contributed by atoms with Crippen molar-refractivity contribution in [2.75, 3.05) is 23.7 Å². The van der Waals surface area contributed by atoms with Crippen molar-refractivity contribution in [1.29, 1.82) is 0 Å². The third kappa shape index (κ3) is 4.41. The number of fused-ring (bicyclic) bond motifs is 2. The van der Waals surface area contributed by atoms with Crippen LogP contribution in [0.4, 0.5) is 16.2 Å². The van der Waals surface area contributed by atoms with Crippen LogP contribution in [0, 0.1) is 0 Å². The summed E-state index contributed by atoms with van der Waals surface area (Å²) in [6.45, 7) is 9.41. The lowest BCUT2D eigenvalue weighted by Gasteiger charge is -2.40. The SMILES string of the molecule is CCN(CCSC(=O)N1c2ccccc2C(C)(C)c2ccccc21)Cc1ccccc1. The molecular formula is C27H30N2OS. The highest BCUT2D eigenvalue weighted by Gasteiger charge is 2.38. The molecule has 0 N–H and O–H groups in total. The van der Waals surface area contributed by atoms with Gasteiger partial charge in [-0.05, 0) is 35.4 Å². The van der Waals surface area contributed by atoms with E-state index >= 15 is 0 Å². The fourth-order valence-corrected chi connectivity index (χ4v) is 5.23. The Hall–Kier alpha value is -2.56. The van der Waals surface area contributed by atoms with Gasteiger partial charge in [-0.15, -0.1) is 0 Å². The van der Waals surface area contributed by atoms with E-state index in [0.717, 1.165) is 36.8 Å². The minimum atomic E-state index is -0.136. The van der Waals surface area contributed by atoms with Crippen molar-refractivity contribution >= 4 is 28.4 Å². The van der Waals surface area contributed by atoms with E-state index < -0.39 is 0 Å². The van der Waals surface area contributed by atoms with Crippen LogP contribution >= 0.6 is 11.8 Å². The zero-order valence-corrected chi connectivity index (χ0v) is 19.4. The number of hydrogen-bond donors (Lipinski definition) is 0. The van der Waals surface area contributed by atoms with Crippen molar-refractivity contribution in [3.05, 3.63) is 95.6 Å². The first-order chi connectivity index (χ1) is 15.0. The van der Waals surface area contributed by atoms with Crippen molar-refractivity contribution in [3.63, 3.8) is 0 Å². The largest absolute Gasteiger partial charge is 0.299 e. The predicted octanol–water partition coefficient (Wildman–Crippen LogP) is 6.84. The van der Waals surface area contributed by atoms with Crippen molar-refractivity contribution < 1.29 is 4.79 Å². The highest BCUT2D eigenvalue weighted by Crippen LogP contribution is 2.49. The zero-order valence-electron chi connectivity index (χ0n) is 18.5. The number of thioether (sulfide) groups is 1. The van der Waals surface area contributed by atoms with Crippen molar-refractivity contribution in [2.45, 2.75) is 32.7 Å². The maximum Gasteiger partial charge on any atom is 0.290 e. The van der Waals surface area contributed by atoms with Gasteiger partial charge in [-0.1, -0.05) is 99.3 Å². The molecule has 1 amide bonds. The van der Waals surface area contributed by atoms with Gasteiger partial charge in [0, 0.05) is 24.3 Å². The molecule has 3 aromatic carbocycles. The molecule has 0 radical (unpaired) electrons. The van der Waals surface area contributed by atoms with Crippen LogP contribution < -0.4 is 4.90 Å². The number of hydrogen-bond acceptors (Lipinski definition) is 3. The van der Waals surface area contributed by atoms with E-state index in [9.17, 15) is 4.79 Å². The quantitative estimate of drug-likeness (QED) is 0.428. The summed E-state index contributed by atoms with van der Waals surface area (Å²) in [7, 11) is 0. The number of carbonyl (C=O) groups excluding carboxylic acids is 1. The van der Waals surface area contributed by atoms with Gasteiger partial charge in [-0.2, -0.15) is 0 Å². The second kappa shape index (κ2) is 9.29. The monoisotopic (exact) mass is 430 g/mol. The van der Waals surface area contributed by atoms with Crippen LogP contribution in [0.25, 0.3) is 0 Å². The summed E-state index contributed by atoms with van der Waals surface area (Å²) in [4.78, 5) is 17.7. The lowest BCUT2D eigenvalue weighted by Crippen LogP contribution is -2.35. The summed E-state index contributed by atoms with van der Waals surface area (Å²) < 4.78 is 0. The number of para-hydroxylation sites is 2. The molecular weight excluding hydrogens is 400 g/mol. The van der Waals surface area contributed by atoms with Crippen molar-refractivity contribution in [2.24, 2.45) is 0 Å². The van der Waals surface area contributed by atoms with Gasteiger partial charge >= 0.3 is 0 Å². The molecule has 0 bridgehead atoms. The molecule has 4 heteroatoms. The number of carbonyl (C=O) groups is 1. The minimum Gasteiger partial charge on any atom is -0.299 e. The average Bonchev–Trinajstić information content (AvgIpc) is 2.79. The summed E-state index contributed by atoms with van der Waals surface area (Å²) in [6, 6.07) is 27.1. The molecule has 0 aromatic heterocycles. The highest BCUT2D eigenvalue weighted by molar-refractivity contribution is 8.13. The fraction of sp³-hybridized carbons (Fsp3) is 0.296. The van der Waals surface area contributed by atoms with E-state index in [0.29, 0.717) is 0 Å². The molecule has 0 fully saturated rings. The Labute approximate surface area is 190 Å². The van der Waals surface area contributed by atoms with Crippen LogP contribution in [0.5, 0.6) is 0 Å². The van der Waals surface area contributed by atoms with Gasteiger partial charge in [0.1, 0.15) is 0 Å². The topological polar surface area (TPSA) is 23.6 Å². The van der Waals surface area contributed by atoms with Gasteiger partial charge in [0.2, 0.25) is 0 Å². The van der Waals surface area contributed by atoms with Crippen molar-refractivity contribution in [3.8, 4) is 0 Å². The Kier molecular flexibility index (Phi) is 6.49. The fourth-order valence-electron chi connectivity index (χ4n) is 4.38. The van der Waals surface area contributed by atoms with Gasteiger partial charge in [0.15, 0.2) is 0 Å². The summed E-state index contributed by atoms with van der Waals surface area (Å²) >= 11 is 1.41. The first-order valence-electron chi connectivity index (χ1n) is 10.9. The normalized spacial score (nSPS) is 14.3. The number of anilines is 2. The molecule has 1 aliphatic heterocycles. The van der Waals surface area contributed by atoms with Gasteiger partial charge < -0.3 is 0 Å². The highest BCUT2D eigenvalue weighted by atomic mass is 32.2. The van der Waals surface area contributed by atoms with Gasteiger partial charge in [0.25, 0.3) is 5.24 Å². The molecule has 0 aliphatic carbocycles. The third-order valence-corrected chi connectivity index (χ3v) is 6.96. The second-order valence-electron chi connectivity index (χ2n) is 8.46. The lowest BCUT2D eigenvalue weighted by molar-refractivity contribution is 0.266. The second-order valence-corrected chi connectivity index (χ2v) is 9.51. The molecule has 1 aliphatic rings. The molecule has 0 atom stereocenters. The minimum absolute atomic E-state index is 0.0890. The van der Waals surface area contributed by atoms with Crippen LogP contribution in [0.3, 0.4) is 0 Å². The number of amides is 1. The van der Waals surface area contributed by atoms with Crippen LogP contribution in [-0.4, -0.2) is 29.0 Å².